The first kappa shape index (κ1) is 18.9. The van der Waals surface area contributed by atoms with Crippen LogP contribution in [0.25, 0.3) is 0 Å². The maximum atomic E-state index is 13.0. The molecule has 6 heteroatoms. The van der Waals surface area contributed by atoms with Gasteiger partial charge in [-0.1, -0.05) is 12.1 Å². The molecule has 124 valence electrons. The van der Waals surface area contributed by atoms with Crippen molar-refractivity contribution in [3.8, 4) is 0 Å². The van der Waals surface area contributed by atoms with Gasteiger partial charge in [0.25, 0.3) is 0 Å². The average Bonchev–Trinajstić information content (AvgIpc) is 2.48. The van der Waals surface area contributed by atoms with Gasteiger partial charge in [-0.25, -0.2) is 4.39 Å². The Morgan fingerprint density at radius 1 is 1.36 bits per heavy atom. The molecule has 0 spiro atoms. The van der Waals surface area contributed by atoms with Crippen LogP contribution in [0, 0.1) is 11.7 Å². The summed E-state index contributed by atoms with van der Waals surface area (Å²) in [7, 11) is 1.97. The molecule has 1 saturated heterocycles. The van der Waals surface area contributed by atoms with Crippen LogP contribution in [0.1, 0.15) is 30.9 Å². The molecular formula is C16H25ClFN3O. The summed E-state index contributed by atoms with van der Waals surface area (Å²) >= 11 is 0. The van der Waals surface area contributed by atoms with Crippen molar-refractivity contribution >= 4 is 18.3 Å². The number of hydrogen-bond acceptors (Lipinski definition) is 3. The molecule has 2 rings (SSSR count). The molecule has 1 amide bonds. The Balaban J connectivity index is 0.00000242. The molecule has 0 saturated carbocycles. The largest absolute Gasteiger partial charge is 0.368 e. The number of primary amides is 1. The molecule has 1 fully saturated rings. The van der Waals surface area contributed by atoms with E-state index in [2.05, 4.69) is 10.2 Å². The Hall–Kier alpha value is -1.17. The van der Waals surface area contributed by atoms with Gasteiger partial charge in [0, 0.05) is 0 Å². The SMILES string of the molecule is CNCCC1CCN(C(C(N)=O)c2ccc(F)cc2)CC1.Cl. The van der Waals surface area contributed by atoms with Crippen molar-refractivity contribution in [1.29, 1.82) is 0 Å². The van der Waals surface area contributed by atoms with Crippen LogP contribution in [0.3, 0.4) is 0 Å². The van der Waals surface area contributed by atoms with Crippen molar-refractivity contribution in [3.63, 3.8) is 0 Å². The Morgan fingerprint density at radius 2 is 1.95 bits per heavy atom. The van der Waals surface area contributed by atoms with Gasteiger partial charge < -0.3 is 11.1 Å². The van der Waals surface area contributed by atoms with Crippen LogP contribution < -0.4 is 11.1 Å². The lowest BCUT2D eigenvalue weighted by molar-refractivity contribution is -0.124. The summed E-state index contributed by atoms with van der Waals surface area (Å²) < 4.78 is 13.0. The third kappa shape index (κ3) is 4.93. The first-order valence-corrected chi connectivity index (χ1v) is 7.55. The zero-order valence-corrected chi connectivity index (χ0v) is 13.7. The zero-order valence-electron chi connectivity index (χ0n) is 12.9. The number of carbonyl (C=O) groups excluding carboxylic acids is 1. The fourth-order valence-corrected chi connectivity index (χ4v) is 3.05. The molecule has 22 heavy (non-hydrogen) atoms. The van der Waals surface area contributed by atoms with E-state index in [0.29, 0.717) is 5.92 Å². The van der Waals surface area contributed by atoms with Gasteiger partial charge in [0.15, 0.2) is 0 Å². The molecule has 3 N–H and O–H groups in total. The van der Waals surface area contributed by atoms with Gasteiger partial charge in [-0.15, -0.1) is 12.4 Å². The minimum Gasteiger partial charge on any atom is -0.368 e. The number of likely N-dealkylation sites (tertiary alicyclic amines) is 1. The number of hydrogen-bond donors (Lipinski definition) is 2. The van der Waals surface area contributed by atoms with Crippen LogP contribution in [0.2, 0.25) is 0 Å². The highest BCUT2D eigenvalue weighted by atomic mass is 35.5. The molecule has 0 aliphatic carbocycles. The van der Waals surface area contributed by atoms with Gasteiger partial charge in [-0.05, 0) is 69.6 Å². The molecule has 4 nitrogen and oxygen atoms in total. The molecule has 1 atom stereocenters. The van der Waals surface area contributed by atoms with E-state index < -0.39 is 6.04 Å². The molecule has 0 aromatic heterocycles. The predicted octanol–water partition coefficient (Wildman–Crippen LogP) is 2.10. The van der Waals surface area contributed by atoms with Crippen molar-refractivity contribution in [2.45, 2.75) is 25.3 Å². The summed E-state index contributed by atoms with van der Waals surface area (Å²) in [6.07, 6.45) is 3.32. The first-order valence-electron chi connectivity index (χ1n) is 7.55. The molecule has 1 aromatic rings. The number of rotatable bonds is 6. The summed E-state index contributed by atoms with van der Waals surface area (Å²) in [5, 5.41) is 3.18. The Kier molecular flexibility index (Phi) is 7.79. The van der Waals surface area contributed by atoms with E-state index in [-0.39, 0.29) is 24.1 Å². The van der Waals surface area contributed by atoms with E-state index in [1.807, 2.05) is 7.05 Å². The van der Waals surface area contributed by atoms with E-state index in [4.69, 9.17) is 5.73 Å². The number of amides is 1. The number of nitrogens with zero attached hydrogens (tertiary/aromatic N) is 1. The third-order valence-electron chi connectivity index (χ3n) is 4.27. The van der Waals surface area contributed by atoms with Crippen molar-refractivity contribution < 1.29 is 9.18 Å². The van der Waals surface area contributed by atoms with Crippen molar-refractivity contribution in [2.24, 2.45) is 11.7 Å². The smallest absolute Gasteiger partial charge is 0.239 e. The number of halogens is 2. The Morgan fingerprint density at radius 3 is 2.45 bits per heavy atom. The van der Waals surface area contributed by atoms with Crippen LogP contribution in [0.15, 0.2) is 24.3 Å². The highest BCUT2D eigenvalue weighted by Gasteiger charge is 2.29. The van der Waals surface area contributed by atoms with Crippen LogP contribution >= 0.6 is 12.4 Å². The number of benzene rings is 1. The minimum absolute atomic E-state index is 0. The van der Waals surface area contributed by atoms with Crippen LogP contribution in [0.4, 0.5) is 4.39 Å². The lowest BCUT2D eigenvalue weighted by Crippen LogP contribution is -2.42. The molecule has 1 heterocycles. The second kappa shape index (κ2) is 9.08. The summed E-state index contributed by atoms with van der Waals surface area (Å²) in [6.45, 7) is 2.75. The zero-order chi connectivity index (χ0) is 15.2. The lowest BCUT2D eigenvalue weighted by atomic mass is 9.91. The second-order valence-electron chi connectivity index (χ2n) is 5.73. The van der Waals surface area contributed by atoms with Crippen LogP contribution in [-0.2, 0) is 4.79 Å². The fraction of sp³-hybridized carbons (Fsp3) is 0.562. The predicted molar refractivity (Wildman–Crippen MR) is 88.4 cm³/mol. The van der Waals surface area contributed by atoms with E-state index in [1.165, 1.54) is 18.6 Å². The molecule has 1 aromatic carbocycles. The third-order valence-corrected chi connectivity index (χ3v) is 4.27. The molecule has 0 bridgehead atoms. The number of nitrogens with one attached hydrogen (secondary N) is 1. The minimum atomic E-state index is -0.448. The van der Waals surface area contributed by atoms with Crippen LogP contribution in [0.5, 0.6) is 0 Å². The van der Waals surface area contributed by atoms with Gasteiger partial charge in [0.05, 0.1) is 0 Å². The highest BCUT2D eigenvalue weighted by molar-refractivity contribution is 5.85. The summed E-state index contributed by atoms with van der Waals surface area (Å²) in [4.78, 5) is 13.9. The Bertz CT molecular complexity index is 461. The second-order valence-corrected chi connectivity index (χ2v) is 5.73. The van der Waals surface area contributed by atoms with Crippen molar-refractivity contribution in [1.82, 2.24) is 10.2 Å². The lowest BCUT2D eigenvalue weighted by Gasteiger charge is -2.36. The average molecular weight is 330 g/mol. The molecular weight excluding hydrogens is 305 g/mol. The van der Waals surface area contributed by atoms with Gasteiger partial charge in [-0.2, -0.15) is 0 Å². The number of piperidine rings is 1. The van der Waals surface area contributed by atoms with Gasteiger partial charge in [0.1, 0.15) is 11.9 Å². The van der Waals surface area contributed by atoms with Gasteiger partial charge in [-0.3, -0.25) is 9.69 Å². The normalized spacial score (nSPS) is 17.7. The number of carbonyl (C=O) groups is 1. The molecule has 1 unspecified atom stereocenters. The van der Waals surface area contributed by atoms with Crippen molar-refractivity contribution in [3.05, 3.63) is 35.6 Å². The monoisotopic (exact) mass is 329 g/mol. The van der Waals surface area contributed by atoms with E-state index in [9.17, 15) is 9.18 Å². The van der Waals surface area contributed by atoms with E-state index in [1.54, 1.807) is 12.1 Å². The van der Waals surface area contributed by atoms with E-state index >= 15 is 0 Å². The standard InChI is InChI=1S/C16H24FN3O.ClH/c1-19-9-6-12-7-10-20(11-8-12)15(16(18)21)13-2-4-14(17)5-3-13;/h2-5,12,15,19H,6-11H2,1H3,(H2,18,21);1H. The van der Waals surface area contributed by atoms with Gasteiger partial charge >= 0.3 is 0 Å². The molecule has 1 aliphatic heterocycles. The maximum absolute atomic E-state index is 13.0. The highest BCUT2D eigenvalue weighted by Crippen LogP contribution is 2.28. The summed E-state index contributed by atoms with van der Waals surface area (Å²) in [6, 6.07) is 5.61. The first-order chi connectivity index (χ1) is 10.1. The van der Waals surface area contributed by atoms with Crippen LogP contribution in [-0.4, -0.2) is 37.5 Å². The topological polar surface area (TPSA) is 58.4 Å². The summed E-state index contributed by atoms with van der Waals surface area (Å²) in [5.41, 5.74) is 6.34. The van der Waals surface area contributed by atoms with Crippen molar-refractivity contribution in [2.75, 3.05) is 26.7 Å². The summed E-state index contributed by atoms with van der Waals surface area (Å²) in [5.74, 6) is 0.0403. The molecule has 0 radical (unpaired) electrons. The fourth-order valence-electron chi connectivity index (χ4n) is 3.05. The van der Waals surface area contributed by atoms with E-state index in [0.717, 1.165) is 38.0 Å². The Labute approximate surface area is 137 Å². The maximum Gasteiger partial charge on any atom is 0.239 e. The quantitative estimate of drug-likeness (QED) is 0.840. The molecule has 1 aliphatic rings. The van der Waals surface area contributed by atoms with Gasteiger partial charge in [0.2, 0.25) is 5.91 Å². The number of nitrogens with two attached hydrogens (primary N) is 1.